The zero-order valence-electron chi connectivity index (χ0n) is 14.9. The molecule has 4 heteroatoms. The first-order valence-corrected chi connectivity index (χ1v) is 9.14. The molecule has 25 heavy (non-hydrogen) atoms. The summed E-state index contributed by atoms with van der Waals surface area (Å²) >= 11 is 6.08. The second-order valence-electron chi connectivity index (χ2n) is 6.64. The predicted octanol–water partition coefficient (Wildman–Crippen LogP) is 5.51. The summed E-state index contributed by atoms with van der Waals surface area (Å²) < 4.78 is 5.34. The van der Waals surface area contributed by atoms with Crippen LogP contribution in [0.4, 0.5) is 5.69 Å². The molecule has 0 aliphatic heterocycles. The van der Waals surface area contributed by atoms with Crippen LogP contribution in [0.25, 0.3) is 0 Å². The third kappa shape index (κ3) is 3.13. The summed E-state index contributed by atoms with van der Waals surface area (Å²) in [7, 11) is 1.59. The summed E-state index contributed by atoms with van der Waals surface area (Å²) in [5.41, 5.74) is 1.89. The van der Waals surface area contributed by atoms with Crippen LogP contribution < -0.4 is 10.1 Å². The molecule has 0 heterocycles. The number of carbonyl (C=O) groups is 1. The van der Waals surface area contributed by atoms with Gasteiger partial charge in [0.05, 0.1) is 18.7 Å². The third-order valence-electron chi connectivity index (χ3n) is 5.64. The molecule has 1 aliphatic rings. The lowest BCUT2D eigenvalue weighted by Crippen LogP contribution is -2.18. The number of methoxy groups -OCH3 is 1. The Bertz CT molecular complexity index is 756. The van der Waals surface area contributed by atoms with Crippen molar-refractivity contribution in [2.24, 2.45) is 11.3 Å². The highest BCUT2D eigenvalue weighted by Crippen LogP contribution is 2.69. The number of rotatable bonds is 6. The number of carbonyl (C=O) groups excluding carboxylic acids is 1. The van der Waals surface area contributed by atoms with E-state index in [0.717, 1.165) is 12.8 Å². The molecular weight excluding hydrogens is 334 g/mol. The van der Waals surface area contributed by atoms with Gasteiger partial charge in [0.1, 0.15) is 5.75 Å². The molecule has 0 unspecified atom stereocenters. The average molecular weight is 358 g/mol. The molecule has 0 aromatic heterocycles. The van der Waals surface area contributed by atoms with E-state index in [2.05, 4.69) is 31.3 Å². The highest BCUT2D eigenvalue weighted by Gasteiger charge is 2.65. The van der Waals surface area contributed by atoms with E-state index in [1.165, 1.54) is 5.56 Å². The van der Waals surface area contributed by atoms with E-state index in [4.69, 9.17) is 16.3 Å². The first-order chi connectivity index (χ1) is 12.1. The fraction of sp³-hybridized carbons (Fsp3) is 0.381. The lowest BCUT2D eigenvalue weighted by atomic mass is 9.93. The minimum Gasteiger partial charge on any atom is -0.495 e. The Morgan fingerprint density at radius 3 is 2.44 bits per heavy atom. The van der Waals surface area contributed by atoms with Gasteiger partial charge in [-0.2, -0.15) is 0 Å². The molecule has 2 aromatic rings. The summed E-state index contributed by atoms with van der Waals surface area (Å²) in [6.07, 6.45) is 1.96. The molecule has 1 amide bonds. The van der Waals surface area contributed by atoms with Gasteiger partial charge in [-0.25, -0.2) is 0 Å². The van der Waals surface area contributed by atoms with Gasteiger partial charge < -0.3 is 10.1 Å². The Labute approximate surface area is 154 Å². The molecule has 3 nitrogen and oxygen atoms in total. The normalized spacial score (nSPS) is 20.8. The van der Waals surface area contributed by atoms with Crippen molar-refractivity contribution in [3.05, 3.63) is 59.1 Å². The summed E-state index contributed by atoms with van der Waals surface area (Å²) in [5.74, 6) is 0.883. The van der Waals surface area contributed by atoms with Crippen molar-refractivity contribution in [1.29, 1.82) is 0 Å². The molecule has 1 N–H and O–H groups in total. The van der Waals surface area contributed by atoms with Crippen molar-refractivity contribution in [2.45, 2.75) is 32.6 Å². The van der Waals surface area contributed by atoms with Gasteiger partial charge in [0.15, 0.2) is 0 Å². The van der Waals surface area contributed by atoms with Gasteiger partial charge in [-0.05, 0) is 42.0 Å². The SMILES string of the molecule is CCC1(CC)[C@H](C(=O)Nc2cc(Cl)ccc2OC)[C@H]1c1ccccc1. The van der Waals surface area contributed by atoms with E-state index in [0.29, 0.717) is 16.5 Å². The van der Waals surface area contributed by atoms with Crippen molar-refractivity contribution in [3.63, 3.8) is 0 Å². The van der Waals surface area contributed by atoms with Crippen LogP contribution in [-0.4, -0.2) is 13.0 Å². The fourth-order valence-electron chi connectivity index (χ4n) is 4.21. The maximum absolute atomic E-state index is 13.1. The van der Waals surface area contributed by atoms with Crippen LogP contribution in [0.2, 0.25) is 5.02 Å². The number of amides is 1. The number of benzene rings is 2. The van der Waals surface area contributed by atoms with Gasteiger partial charge in [-0.1, -0.05) is 55.8 Å². The number of ether oxygens (including phenoxy) is 1. The number of anilines is 1. The van der Waals surface area contributed by atoms with Crippen molar-refractivity contribution < 1.29 is 9.53 Å². The van der Waals surface area contributed by atoms with Crippen LogP contribution in [0.1, 0.15) is 38.2 Å². The molecule has 1 saturated carbocycles. The Morgan fingerprint density at radius 2 is 1.84 bits per heavy atom. The largest absolute Gasteiger partial charge is 0.495 e. The summed E-state index contributed by atoms with van der Waals surface area (Å²) in [6.45, 7) is 4.35. The van der Waals surface area contributed by atoms with Crippen molar-refractivity contribution in [2.75, 3.05) is 12.4 Å². The maximum atomic E-state index is 13.1. The fourth-order valence-corrected chi connectivity index (χ4v) is 4.38. The van der Waals surface area contributed by atoms with E-state index in [1.54, 1.807) is 25.3 Å². The van der Waals surface area contributed by atoms with Gasteiger partial charge in [-0.3, -0.25) is 4.79 Å². The summed E-state index contributed by atoms with van der Waals surface area (Å²) in [4.78, 5) is 13.1. The monoisotopic (exact) mass is 357 g/mol. The topological polar surface area (TPSA) is 38.3 Å². The van der Waals surface area contributed by atoms with Crippen LogP contribution in [-0.2, 0) is 4.79 Å². The standard InChI is InChI=1S/C21H24ClNO2/c1-4-21(5-2)18(14-9-7-6-8-10-14)19(21)20(24)23-16-13-15(22)11-12-17(16)25-3/h6-13,18-19H,4-5H2,1-3H3,(H,23,24)/t18-,19+/m1/s1. The van der Waals surface area contributed by atoms with Crippen molar-refractivity contribution in [1.82, 2.24) is 0 Å². The first kappa shape index (κ1) is 17.8. The van der Waals surface area contributed by atoms with Crippen LogP contribution in [0, 0.1) is 11.3 Å². The Hall–Kier alpha value is -2.00. The molecule has 1 fully saturated rings. The average Bonchev–Trinajstić information content (AvgIpc) is 3.32. The number of hydrogen-bond acceptors (Lipinski definition) is 2. The number of hydrogen-bond donors (Lipinski definition) is 1. The molecule has 1 aliphatic carbocycles. The second kappa shape index (κ2) is 7.09. The molecule has 3 rings (SSSR count). The van der Waals surface area contributed by atoms with Gasteiger partial charge in [0.2, 0.25) is 5.91 Å². The predicted molar refractivity (Wildman–Crippen MR) is 102 cm³/mol. The Morgan fingerprint density at radius 1 is 1.16 bits per heavy atom. The van der Waals surface area contributed by atoms with E-state index >= 15 is 0 Å². The molecule has 0 saturated heterocycles. The zero-order valence-corrected chi connectivity index (χ0v) is 15.6. The molecule has 2 aromatic carbocycles. The van der Waals surface area contributed by atoms with Crippen LogP contribution >= 0.6 is 11.6 Å². The number of nitrogens with one attached hydrogen (secondary N) is 1. The summed E-state index contributed by atoms with van der Waals surface area (Å²) in [6, 6.07) is 15.6. The van der Waals surface area contributed by atoms with E-state index in [9.17, 15) is 4.79 Å². The molecule has 2 atom stereocenters. The minimum atomic E-state index is -0.0337. The minimum absolute atomic E-state index is 0.0250. The molecule has 132 valence electrons. The van der Waals surface area contributed by atoms with Gasteiger partial charge in [0, 0.05) is 10.9 Å². The second-order valence-corrected chi connectivity index (χ2v) is 7.08. The van der Waals surface area contributed by atoms with Crippen molar-refractivity contribution >= 4 is 23.2 Å². The first-order valence-electron chi connectivity index (χ1n) is 8.76. The number of halogens is 1. The molecular formula is C21H24ClNO2. The van der Waals surface area contributed by atoms with Crippen LogP contribution in [0.3, 0.4) is 0 Å². The third-order valence-corrected chi connectivity index (χ3v) is 5.88. The van der Waals surface area contributed by atoms with Gasteiger partial charge in [-0.15, -0.1) is 0 Å². The highest BCUT2D eigenvalue weighted by atomic mass is 35.5. The highest BCUT2D eigenvalue weighted by molar-refractivity contribution is 6.31. The van der Waals surface area contributed by atoms with E-state index in [-0.39, 0.29) is 23.2 Å². The zero-order chi connectivity index (χ0) is 18.0. The lowest BCUT2D eigenvalue weighted by Gasteiger charge is -2.14. The van der Waals surface area contributed by atoms with Crippen molar-refractivity contribution in [3.8, 4) is 5.75 Å². The maximum Gasteiger partial charge on any atom is 0.228 e. The lowest BCUT2D eigenvalue weighted by molar-refractivity contribution is -0.118. The van der Waals surface area contributed by atoms with Crippen LogP contribution in [0.15, 0.2) is 48.5 Å². The molecule has 0 spiro atoms. The molecule has 0 bridgehead atoms. The smallest absolute Gasteiger partial charge is 0.228 e. The van der Waals surface area contributed by atoms with Gasteiger partial charge in [0.25, 0.3) is 0 Å². The quantitative estimate of drug-likeness (QED) is 0.740. The molecule has 0 radical (unpaired) electrons. The Kier molecular flexibility index (Phi) is 5.05. The van der Waals surface area contributed by atoms with E-state index in [1.807, 2.05) is 18.2 Å². The van der Waals surface area contributed by atoms with Gasteiger partial charge >= 0.3 is 0 Å². The van der Waals surface area contributed by atoms with Crippen LogP contribution in [0.5, 0.6) is 5.75 Å². The Balaban J connectivity index is 1.87. The van der Waals surface area contributed by atoms with E-state index < -0.39 is 0 Å². The summed E-state index contributed by atoms with van der Waals surface area (Å²) in [5, 5.41) is 3.61.